The Bertz CT molecular complexity index is 462. The molecule has 2 rings (SSSR count). The van der Waals surface area contributed by atoms with Crippen LogP contribution in [-0.2, 0) is 11.3 Å². The SMILES string of the molecule is O=C(COCc1cccs1)c1ccc(Br)s1. The minimum atomic E-state index is 0.0345. The number of hydrogen-bond acceptors (Lipinski definition) is 4. The summed E-state index contributed by atoms with van der Waals surface area (Å²) < 4.78 is 6.32. The molecule has 0 saturated heterocycles. The summed E-state index contributed by atoms with van der Waals surface area (Å²) in [6.45, 7) is 0.654. The van der Waals surface area contributed by atoms with Gasteiger partial charge in [0.2, 0.25) is 0 Å². The van der Waals surface area contributed by atoms with E-state index in [0.29, 0.717) is 6.61 Å². The molecule has 0 aliphatic carbocycles. The first-order valence-corrected chi connectivity index (χ1v) is 7.13. The van der Waals surface area contributed by atoms with Crippen LogP contribution < -0.4 is 0 Å². The maximum absolute atomic E-state index is 11.7. The van der Waals surface area contributed by atoms with Crippen molar-refractivity contribution in [3.05, 3.63) is 43.2 Å². The third kappa shape index (κ3) is 3.25. The molecular weight excluding hydrogens is 308 g/mol. The van der Waals surface area contributed by atoms with Crippen molar-refractivity contribution in [1.29, 1.82) is 0 Å². The van der Waals surface area contributed by atoms with E-state index in [-0.39, 0.29) is 12.4 Å². The van der Waals surface area contributed by atoms with Gasteiger partial charge in [-0.15, -0.1) is 22.7 Å². The standard InChI is InChI=1S/C11H9BrO2S2/c12-11-4-3-10(16-11)9(13)7-14-6-8-2-1-5-15-8/h1-5H,6-7H2. The van der Waals surface area contributed by atoms with Gasteiger partial charge < -0.3 is 4.74 Å². The third-order valence-corrected chi connectivity index (χ3v) is 4.42. The van der Waals surface area contributed by atoms with E-state index in [2.05, 4.69) is 15.9 Å². The average molecular weight is 317 g/mol. The summed E-state index contributed by atoms with van der Waals surface area (Å²) in [4.78, 5) is 13.5. The third-order valence-electron chi connectivity index (χ3n) is 1.91. The van der Waals surface area contributed by atoms with Crippen molar-refractivity contribution in [2.24, 2.45) is 0 Å². The summed E-state index contributed by atoms with van der Waals surface area (Å²) in [7, 11) is 0. The van der Waals surface area contributed by atoms with Crippen molar-refractivity contribution in [2.75, 3.05) is 6.61 Å². The second kappa shape index (κ2) is 5.72. The quantitative estimate of drug-likeness (QED) is 0.780. The highest BCUT2D eigenvalue weighted by Gasteiger charge is 2.08. The zero-order valence-electron chi connectivity index (χ0n) is 8.31. The Morgan fingerprint density at radius 3 is 2.88 bits per heavy atom. The minimum absolute atomic E-state index is 0.0345. The van der Waals surface area contributed by atoms with Crippen molar-refractivity contribution in [1.82, 2.24) is 0 Å². The lowest BCUT2D eigenvalue weighted by atomic mass is 10.3. The molecule has 0 fully saturated rings. The normalized spacial score (nSPS) is 10.6. The lowest BCUT2D eigenvalue weighted by Crippen LogP contribution is -2.06. The van der Waals surface area contributed by atoms with Crippen molar-refractivity contribution in [2.45, 2.75) is 6.61 Å². The molecule has 0 amide bonds. The molecule has 2 heterocycles. The van der Waals surface area contributed by atoms with Crippen LogP contribution in [0.5, 0.6) is 0 Å². The molecule has 2 aromatic rings. The van der Waals surface area contributed by atoms with Gasteiger partial charge in [0.1, 0.15) is 6.61 Å². The predicted octanol–water partition coefficient (Wildman–Crippen LogP) is 3.97. The molecule has 0 aliphatic rings. The summed E-state index contributed by atoms with van der Waals surface area (Å²) in [5.74, 6) is 0.0345. The second-order valence-corrected chi connectivity index (χ2v) is 6.59. The fourth-order valence-corrected chi connectivity index (χ4v) is 3.13. The number of ketones is 1. The Hall–Kier alpha value is -0.490. The van der Waals surface area contributed by atoms with Gasteiger partial charge in [0.15, 0.2) is 5.78 Å². The molecule has 2 aromatic heterocycles. The molecule has 0 aromatic carbocycles. The summed E-state index contributed by atoms with van der Waals surface area (Å²) in [5, 5.41) is 2.00. The van der Waals surface area contributed by atoms with E-state index in [1.807, 2.05) is 29.6 Å². The van der Waals surface area contributed by atoms with Gasteiger partial charge in [0.25, 0.3) is 0 Å². The smallest absolute Gasteiger partial charge is 0.198 e. The fraction of sp³-hybridized carbons (Fsp3) is 0.182. The molecule has 0 spiro atoms. The highest BCUT2D eigenvalue weighted by molar-refractivity contribution is 9.11. The number of Topliss-reactive ketones (excluding diaryl/α,β-unsaturated/α-hetero) is 1. The summed E-state index contributed by atoms with van der Waals surface area (Å²) in [6.07, 6.45) is 0. The largest absolute Gasteiger partial charge is 0.368 e. The summed E-state index contributed by atoms with van der Waals surface area (Å²) in [5.41, 5.74) is 0. The molecule has 0 atom stereocenters. The number of hydrogen-bond donors (Lipinski definition) is 0. The molecule has 0 N–H and O–H groups in total. The number of carbonyl (C=O) groups is 1. The van der Waals surface area contributed by atoms with Crippen molar-refractivity contribution in [3.8, 4) is 0 Å². The van der Waals surface area contributed by atoms with Crippen LogP contribution in [0.3, 0.4) is 0 Å². The maximum Gasteiger partial charge on any atom is 0.198 e. The zero-order valence-corrected chi connectivity index (χ0v) is 11.5. The van der Waals surface area contributed by atoms with Crippen LogP contribution in [0.4, 0.5) is 0 Å². The highest BCUT2D eigenvalue weighted by atomic mass is 79.9. The zero-order chi connectivity index (χ0) is 11.4. The molecule has 0 bridgehead atoms. The Morgan fingerprint density at radius 2 is 2.25 bits per heavy atom. The van der Waals surface area contributed by atoms with Gasteiger partial charge in [-0.1, -0.05) is 6.07 Å². The molecule has 0 unspecified atom stereocenters. The number of thiophene rings is 2. The van der Waals surface area contributed by atoms with Gasteiger partial charge in [-0.2, -0.15) is 0 Å². The van der Waals surface area contributed by atoms with Gasteiger partial charge in [-0.25, -0.2) is 0 Å². The second-order valence-electron chi connectivity index (χ2n) is 3.10. The number of rotatable bonds is 5. The Kier molecular flexibility index (Phi) is 4.29. The topological polar surface area (TPSA) is 26.3 Å². The van der Waals surface area contributed by atoms with Gasteiger partial charge in [-0.05, 0) is 39.5 Å². The average Bonchev–Trinajstić information content (AvgIpc) is 2.89. The minimum Gasteiger partial charge on any atom is -0.368 e. The molecule has 0 aliphatic heterocycles. The van der Waals surface area contributed by atoms with E-state index >= 15 is 0 Å². The monoisotopic (exact) mass is 316 g/mol. The maximum atomic E-state index is 11.7. The van der Waals surface area contributed by atoms with Gasteiger partial charge >= 0.3 is 0 Å². The van der Waals surface area contributed by atoms with Gasteiger partial charge in [-0.3, -0.25) is 4.79 Å². The van der Waals surface area contributed by atoms with E-state index in [4.69, 9.17) is 4.74 Å². The molecule has 2 nitrogen and oxygen atoms in total. The molecule has 5 heteroatoms. The Labute approximate surface area is 110 Å². The highest BCUT2D eigenvalue weighted by Crippen LogP contribution is 2.22. The summed E-state index contributed by atoms with van der Waals surface area (Å²) >= 11 is 6.39. The first-order valence-electron chi connectivity index (χ1n) is 4.64. The molecular formula is C11H9BrO2S2. The summed E-state index contributed by atoms with van der Waals surface area (Å²) in [6, 6.07) is 7.65. The van der Waals surface area contributed by atoms with E-state index in [1.165, 1.54) is 11.3 Å². The van der Waals surface area contributed by atoms with E-state index in [0.717, 1.165) is 13.5 Å². The van der Waals surface area contributed by atoms with Crippen molar-refractivity contribution >= 4 is 44.4 Å². The van der Waals surface area contributed by atoms with Crippen LogP contribution in [0.2, 0.25) is 0 Å². The number of halogens is 1. The molecule has 0 saturated carbocycles. The molecule has 16 heavy (non-hydrogen) atoms. The lowest BCUT2D eigenvalue weighted by Gasteiger charge is -1.99. The van der Waals surface area contributed by atoms with Crippen molar-refractivity contribution in [3.63, 3.8) is 0 Å². The first kappa shape index (κ1) is 12.0. The van der Waals surface area contributed by atoms with Crippen LogP contribution in [0.25, 0.3) is 0 Å². The van der Waals surface area contributed by atoms with Crippen LogP contribution in [-0.4, -0.2) is 12.4 Å². The molecule has 0 radical (unpaired) electrons. The Balaban J connectivity index is 1.80. The van der Waals surface area contributed by atoms with E-state index < -0.39 is 0 Å². The van der Waals surface area contributed by atoms with Crippen LogP contribution in [0, 0.1) is 0 Å². The van der Waals surface area contributed by atoms with Gasteiger partial charge in [0.05, 0.1) is 15.3 Å². The lowest BCUT2D eigenvalue weighted by molar-refractivity contribution is 0.0735. The van der Waals surface area contributed by atoms with Crippen molar-refractivity contribution < 1.29 is 9.53 Å². The predicted molar refractivity (Wildman–Crippen MR) is 70.3 cm³/mol. The van der Waals surface area contributed by atoms with E-state index in [1.54, 1.807) is 11.3 Å². The number of ether oxygens (including phenoxy) is 1. The Morgan fingerprint density at radius 1 is 1.38 bits per heavy atom. The van der Waals surface area contributed by atoms with Gasteiger partial charge in [0, 0.05) is 4.88 Å². The van der Waals surface area contributed by atoms with Crippen LogP contribution in [0.1, 0.15) is 14.5 Å². The van der Waals surface area contributed by atoms with Crippen LogP contribution >= 0.6 is 38.6 Å². The number of carbonyl (C=O) groups excluding carboxylic acids is 1. The van der Waals surface area contributed by atoms with Crippen LogP contribution in [0.15, 0.2) is 33.4 Å². The first-order chi connectivity index (χ1) is 7.75. The fourth-order valence-electron chi connectivity index (χ4n) is 1.17. The van der Waals surface area contributed by atoms with E-state index in [9.17, 15) is 4.79 Å². The molecule has 84 valence electrons.